The Labute approximate surface area is 126 Å². The lowest BCUT2D eigenvalue weighted by Crippen LogP contribution is -2.23. The second-order valence-electron chi connectivity index (χ2n) is 5.66. The molecule has 3 heteroatoms. The lowest BCUT2D eigenvalue weighted by atomic mass is 10.0. The van der Waals surface area contributed by atoms with Gasteiger partial charge in [0.2, 0.25) is 0 Å². The summed E-state index contributed by atoms with van der Waals surface area (Å²) < 4.78 is 5.26. The lowest BCUT2D eigenvalue weighted by Gasteiger charge is -2.24. The first-order chi connectivity index (χ1) is 10.3. The molecule has 0 N–H and O–H groups in total. The van der Waals surface area contributed by atoms with Crippen molar-refractivity contribution < 1.29 is 4.74 Å². The number of methoxy groups -OCH3 is 1. The molecule has 1 saturated heterocycles. The van der Waals surface area contributed by atoms with Crippen molar-refractivity contribution in [3.05, 3.63) is 48.3 Å². The maximum absolute atomic E-state index is 5.26. The predicted molar refractivity (Wildman–Crippen MR) is 85.4 cm³/mol. The molecule has 0 unspecified atom stereocenters. The smallest absolute Gasteiger partial charge is 0.137 e. The van der Waals surface area contributed by atoms with Crippen molar-refractivity contribution in [2.45, 2.75) is 25.8 Å². The maximum Gasteiger partial charge on any atom is 0.137 e. The van der Waals surface area contributed by atoms with Crippen LogP contribution in [0.5, 0.6) is 5.75 Å². The molecular formula is C18H22N2O. The van der Waals surface area contributed by atoms with Gasteiger partial charge in [0.25, 0.3) is 0 Å². The van der Waals surface area contributed by atoms with Gasteiger partial charge in [-0.3, -0.25) is 9.88 Å². The summed E-state index contributed by atoms with van der Waals surface area (Å²) in [5.41, 5.74) is 3.67. The summed E-state index contributed by atoms with van der Waals surface area (Å²) in [6.45, 7) is 4.73. The Morgan fingerprint density at radius 3 is 2.67 bits per heavy atom. The largest absolute Gasteiger partial charge is 0.495 e. The fraction of sp³-hybridized carbons (Fsp3) is 0.389. The van der Waals surface area contributed by atoms with Crippen molar-refractivity contribution in [3.8, 4) is 16.9 Å². The zero-order valence-corrected chi connectivity index (χ0v) is 12.7. The topological polar surface area (TPSA) is 25.4 Å². The van der Waals surface area contributed by atoms with E-state index in [1.165, 1.54) is 37.1 Å². The first-order valence-electron chi connectivity index (χ1n) is 7.61. The predicted octanol–water partition coefficient (Wildman–Crippen LogP) is 3.91. The fourth-order valence-electron chi connectivity index (χ4n) is 3.01. The Hall–Kier alpha value is -1.87. The molecule has 1 aliphatic heterocycles. The third-order valence-electron chi connectivity index (χ3n) is 4.34. The highest BCUT2D eigenvalue weighted by Crippen LogP contribution is 2.29. The molecule has 0 radical (unpaired) electrons. The van der Waals surface area contributed by atoms with Crippen LogP contribution >= 0.6 is 0 Å². The molecule has 1 fully saturated rings. The molecule has 0 spiro atoms. The third-order valence-corrected chi connectivity index (χ3v) is 4.34. The summed E-state index contributed by atoms with van der Waals surface area (Å²) in [6.07, 6.45) is 6.27. The fourth-order valence-corrected chi connectivity index (χ4v) is 3.01. The molecule has 1 aliphatic rings. The molecule has 2 heterocycles. The molecule has 3 nitrogen and oxygen atoms in total. The van der Waals surface area contributed by atoms with Crippen LogP contribution in [0.2, 0.25) is 0 Å². The van der Waals surface area contributed by atoms with Gasteiger partial charge in [-0.05, 0) is 56.1 Å². The van der Waals surface area contributed by atoms with E-state index in [2.05, 4.69) is 41.1 Å². The van der Waals surface area contributed by atoms with Crippen LogP contribution in [0.25, 0.3) is 11.1 Å². The molecule has 1 atom stereocenters. The van der Waals surface area contributed by atoms with E-state index in [0.29, 0.717) is 6.04 Å². The van der Waals surface area contributed by atoms with Gasteiger partial charge in [0.15, 0.2) is 0 Å². The summed E-state index contributed by atoms with van der Waals surface area (Å²) in [4.78, 5) is 6.81. The van der Waals surface area contributed by atoms with Crippen LogP contribution in [-0.2, 0) is 0 Å². The molecule has 2 aromatic rings. The zero-order chi connectivity index (χ0) is 14.7. The van der Waals surface area contributed by atoms with Gasteiger partial charge in [-0.1, -0.05) is 18.2 Å². The van der Waals surface area contributed by atoms with Gasteiger partial charge in [0.1, 0.15) is 5.75 Å². The Morgan fingerprint density at radius 1 is 1.10 bits per heavy atom. The van der Waals surface area contributed by atoms with E-state index in [4.69, 9.17) is 4.74 Å². The number of rotatable bonds is 4. The highest BCUT2D eigenvalue weighted by Gasteiger charge is 2.19. The van der Waals surface area contributed by atoms with E-state index in [0.717, 1.165) is 11.3 Å². The maximum atomic E-state index is 5.26. The standard InChI is InChI=1S/C18H22N2O/c1-14(20-8-3-4-9-20)15-6-5-7-16(10-15)17-11-18(21-2)13-19-12-17/h5-7,10-14H,3-4,8-9H2,1-2H3/t14-/m0/s1. The summed E-state index contributed by atoms with van der Waals surface area (Å²) in [5, 5.41) is 0. The monoisotopic (exact) mass is 282 g/mol. The zero-order valence-electron chi connectivity index (χ0n) is 12.7. The molecule has 0 aliphatic carbocycles. The molecule has 21 heavy (non-hydrogen) atoms. The first kappa shape index (κ1) is 14.1. The number of pyridine rings is 1. The van der Waals surface area contributed by atoms with E-state index in [1.807, 2.05) is 12.3 Å². The Balaban J connectivity index is 1.88. The molecule has 0 bridgehead atoms. The van der Waals surface area contributed by atoms with Crippen LogP contribution in [-0.4, -0.2) is 30.1 Å². The number of benzene rings is 1. The van der Waals surface area contributed by atoms with Crippen molar-refractivity contribution >= 4 is 0 Å². The van der Waals surface area contributed by atoms with E-state index >= 15 is 0 Å². The van der Waals surface area contributed by atoms with Gasteiger partial charge in [-0.25, -0.2) is 0 Å². The van der Waals surface area contributed by atoms with Gasteiger partial charge in [-0.2, -0.15) is 0 Å². The average Bonchev–Trinajstić information content (AvgIpc) is 3.09. The van der Waals surface area contributed by atoms with Gasteiger partial charge in [0.05, 0.1) is 13.3 Å². The van der Waals surface area contributed by atoms with Gasteiger partial charge < -0.3 is 4.74 Å². The quantitative estimate of drug-likeness (QED) is 0.850. The summed E-state index contributed by atoms with van der Waals surface area (Å²) >= 11 is 0. The van der Waals surface area contributed by atoms with Gasteiger partial charge in [-0.15, -0.1) is 0 Å². The normalized spacial score (nSPS) is 16.9. The minimum atomic E-state index is 0.478. The van der Waals surface area contributed by atoms with Gasteiger partial charge in [0, 0.05) is 17.8 Å². The van der Waals surface area contributed by atoms with Crippen molar-refractivity contribution in [3.63, 3.8) is 0 Å². The van der Waals surface area contributed by atoms with Crippen LogP contribution in [0.1, 0.15) is 31.4 Å². The van der Waals surface area contributed by atoms with Crippen molar-refractivity contribution in [1.29, 1.82) is 0 Å². The van der Waals surface area contributed by atoms with Crippen molar-refractivity contribution in [1.82, 2.24) is 9.88 Å². The Kier molecular flexibility index (Phi) is 4.20. The molecule has 1 aromatic carbocycles. The van der Waals surface area contributed by atoms with Crippen molar-refractivity contribution in [2.75, 3.05) is 20.2 Å². The molecule has 3 rings (SSSR count). The van der Waals surface area contributed by atoms with Crippen LogP contribution in [0.4, 0.5) is 0 Å². The number of likely N-dealkylation sites (tertiary alicyclic amines) is 1. The van der Waals surface area contributed by atoms with Gasteiger partial charge >= 0.3 is 0 Å². The second-order valence-corrected chi connectivity index (χ2v) is 5.66. The Bertz CT molecular complexity index is 606. The van der Waals surface area contributed by atoms with Crippen molar-refractivity contribution in [2.24, 2.45) is 0 Å². The highest BCUT2D eigenvalue weighted by atomic mass is 16.5. The molecule has 0 saturated carbocycles. The molecular weight excluding hydrogens is 260 g/mol. The SMILES string of the molecule is COc1cncc(-c2cccc([C@H](C)N3CCCC3)c2)c1. The number of hydrogen-bond acceptors (Lipinski definition) is 3. The molecule has 1 aromatic heterocycles. The van der Waals surface area contributed by atoms with Crippen LogP contribution < -0.4 is 4.74 Å². The number of ether oxygens (including phenoxy) is 1. The molecule has 0 amide bonds. The van der Waals surface area contributed by atoms with E-state index in [-0.39, 0.29) is 0 Å². The summed E-state index contributed by atoms with van der Waals surface area (Å²) in [5.74, 6) is 0.797. The van der Waals surface area contributed by atoms with E-state index < -0.39 is 0 Å². The number of hydrogen-bond donors (Lipinski definition) is 0. The van der Waals surface area contributed by atoms with Crippen LogP contribution in [0.3, 0.4) is 0 Å². The number of aromatic nitrogens is 1. The van der Waals surface area contributed by atoms with Crippen LogP contribution in [0.15, 0.2) is 42.7 Å². The van der Waals surface area contributed by atoms with E-state index in [9.17, 15) is 0 Å². The Morgan fingerprint density at radius 2 is 1.90 bits per heavy atom. The first-order valence-corrected chi connectivity index (χ1v) is 7.61. The molecule has 110 valence electrons. The number of nitrogens with zero attached hydrogens (tertiary/aromatic N) is 2. The summed E-state index contributed by atoms with van der Waals surface area (Å²) in [6, 6.07) is 11.3. The highest BCUT2D eigenvalue weighted by molar-refractivity contribution is 5.64. The minimum absolute atomic E-state index is 0.478. The second kappa shape index (κ2) is 6.27. The minimum Gasteiger partial charge on any atom is -0.495 e. The lowest BCUT2D eigenvalue weighted by molar-refractivity contribution is 0.263. The third kappa shape index (κ3) is 3.08. The summed E-state index contributed by atoms with van der Waals surface area (Å²) in [7, 11) is 1.67. The van der Waals surface area contributed by atoms with E-state index in [1.54, 1.807) is 13.3 Å². The average molecular weight is 282 g/mol. The van der Waals surface area contributed by atoms with Crippen LogP contribution in [0, 0.1) is 0 Å².